The number of unbranched alkanes of at least 4 members (excludes halogenated alkanes) is 2. The van der Waals surface area contributed by atoms with Crippen LogP contribution in [-0.2, 0) is 14.4 Å². The fourth-order valence-electron chi connectivity index (χ4n) is 1.52. The van der Waals surface area contributed by atoms with Crippen LogP contribution in [0, 0.1) is 0 Å². The number of nitrogens with one attached hydrogen (secondary N) is 2. The Balaban J connectivity index is 3.94. The van der Waals surface area contributed by atoms with Gasteiger partial charge in [0, 0.05) is 19.4 Å². The Morgan fingerprint density at radius 3 is 2.32 bits per heavy atom. The van der Waals surface area contributed by atoms with Crippen LogP contribution in [0.1, 0.15) is 52.4 Å². The van der Waals surface area contributed by atoms with Gasteiger partial charge in [-0.15, -0.1) is 0 Å². The van der Waals surface area contributed by atoms with Crippen LogP contribution in [0.3, 0.4) is 0 Å². The molecule has 19 heavy (non-hydrogen) atoms. The Morgan fingerprint density at radius 1 is 1.11 bits per heavy atom. The molecule has 6 heteroatoms. The third-order valence-electron chi connectivity index (χ3n) is 2.72. The van der Waals surface area contributed by atoms with E-state index in [9.17, 15) is 14.4 Å². The SMILES string of the molecule is CCCCCNC(=O)CCC(NC(=O)CC)C(=O)O. The molecule has 0 heterocycles. The molecule has 0 bridgehead atoms. The number of aliphatic carboxylic acids is 1. The van der Waals surface area contributed by atoms with Crippen LogP contribution in [0.2, 0.25) is 0 Å². The predicted octanol–water partition coefficient (Wildman–Crippen LogP) is 1.05. The van der Waals surface area contributed by atoms with Gasteiger partial charge >= 0.3 is 5.97 Å². The minimum absolute atomic E-state index is 0.104. The first-order valence-corrected chi connectivity index (χ1v) is 6.80. The summed E-state index contributed by atoms with van der Waals surface area (Å²) in [7, 11) is 0. The molecule has 0 rings (SSSR count). The van der Waals surface area contributed by atoms with Crippen molar-refractivity contribution in [1.29, 1.82) is 0 Å². The first-order chi connectivity index (χ1) is 9.01. The molecule has 0 saturated carbocycles. The Kier molecular flexibility index (Phi) is 9.48. The van der Waals surface area contributed by atoms with Crippen molar-refractivity contribution in [1.82, 2.24) is 10.6 Å². The van der Waals surface area contributed by atoms with Crippen LogP contribution in [0.25, 0.3) is 0 Å². The Bertz CT molecular complexity index is 305. The van der Waals surface area contributed by atoms with Gasteiger partial charge in [-0.2, -0.15) is 0 Å². The maximum absolute atomic E-state index is 11.5. The van der Waals surface area contributed by atoms with E-state index < -0.39 is 12.0 Å². The summed E-state index contributed by atoms with van der Waals surface area (Å²) in [6.45, 7) is 4.34. The van der Waals surface area contributed by atoms with Crippen molar-refractivity contribution in [3.05, 3.63) is 0 Å². The summed E-state index contributed by atoms with van der Waals surface area (Å²) in [6, 6.07) is -0.992. The Hall–Kier alpha value is -1.59. The van der Waals surface area contributed by atoms with E-state index >= 15 is 0 Å². The summed E-state index contributed by atoms with van der Waals surface area (Å²) in [5, 5.41) is 14.0. The fraction of sp³-hybridized carbons (Fsp3) is 0.769. The van der Waals surface area contributed by atoms with Gasteiger partial charge in [-0.05, 0) is 12.8 Å². The summed E-state index contributed by atoms with van der Waals surface area (Å²) in [5.41, 5.74) is 0. The molecule has 0 radical (unpaired) electrons. The number of carbonyl (C=O) groups excluding carboxylic acids is 2. The smallest absolute Gasteiger partial charge is 0.326 e. The number of carboxylic acid groups (broad SMARTS) is 1. The third kappa shape index (κ3) is 9.04. The molecule has 0 fully saturated rings. The van der Waals surface area contributed by atoms with Crippen molar-refractivity contribution in [3.8, 4) is 0 Å². The van der Waals surface area contributed by atoms with E-state index in [1.54, 1.807) is 6.92 Å². The lowest BCUT2D eigenvalue weighted by Gasteiger charge is -2.13. The zero-order chi connectivity index (χ0) is 14.7. The third-order valence-corrected chi connectivity index (χ3v) is 2.72. The number of rotatable bonds is 10. The molecule has 1 atom stereocenters. The molecule has 0 aromatic heterocycles. The molecule has 0 aromatic carbocycles. The van der Waals surface area contributed by atoms with E-state index in [1.807, 2.05) is 0 Å². The van der Waals surface area contributed by atoms with Crippen LogP contribution in [0.4, 0.5) is 0 Å². The second-order valence-electron chi connectivity index (χ2n) is 4.41. The van der Waals surface area contributed by atoms with E-state index in [-0.39, 0.29) is 31.1 Å². The quantitative estimate of drug-likeness (QED) is 0.518. The van der Waals surface area contributed by atoms with Crippen molar-refractivity contribution in [2.45, 2.75) is 58.4 Å². The molecule has 0 aliphatic heterocycles. The zero-order valence-corrected chi connectivity index (χ0v) is 11.7. The topological polar surface area (TPSA) is 95.5 Å². The lowest BCUT2D eigenvalue weighted by molar-refractivity contribution is -0.142. The highest BCUT2D eigenvalue weighted by atomic mass is 16.4. The van der Waals surface area contributed by atoms with Crippen LogP contribution >= 0.6 is 0 Å². The molecular weight excluding hydrogens is 248 g/mol. The molecule has 0 saturated heterocycles. The number of carbonyl (C=O) groups is 3. The van der Waals surface area contributed by atoms with Crippen LogP contribution in [-0.4, -0.2) is 35.5 Å². The minimum atomic E-state index is -1.11. The number of hydrogen-bond acceptors (Lipinski definition) is 3. The molecular formula is C13H24N2O4. The maximum atomic E-state index is 11.5. The van der Waals surface area contributed by atoms with Gasteiger partial charge in [0.05, 0.1) is 0 Å². The number of hydrogen-bond donors (Lipinski definition) is 3. The van der Waals surface area contributed by atoms with Gasteiger partial charge in [0.15, 0.2) is 0 Å². The lowest BCUT2D eigenvalue weighted by atomic mass is 10.1. The van der Waals surface area contributed by atoms with Crippen LogP contribution < -0.4 is 10.6 Å². The standard InChI is InChI=1S/C13H24N2O4/c1-3-5-6-9-14-12(17)8-7-10(13(18)19)15-11(16)4-2/h10H,3-9H2,1-2H3,(H,14,17)(H,15,16)(H,18,19). The highest BCUT2D eigenvalue weighted by Gasteiger charge is 2.20. The summed E-state index contributed by atoms with van der Waals surface area (Å²) >= 11 is 0. The monoisotopic (exact) mass is 272 g/mol. The average Bonchev–Trinajstić information content (AvgIpc) is 2.38. The second-order valence-corrected chi connectivity index (χ2v) is 4.41. The van der Waals surface area contributed by atoms with E-state index in [2.05, 4.69) is 17.6 Å². The largest absolute Gasteiger partial charge is 0.480 e. The highest BCUT2D eigenvalue weighted by Crippen LogP contribution is 1.99. The highest BCUT2D eigenvalue weighted by molar-refractivity contribution is 5.84. The lowest BCUT2D eigenvalue weighted by Crippen LogP contribution is -2.41. The van der Waals surface area contributed by atoms with Gasteiger partial charge < -0.3 is 15.7 Å². The first kappa shape index (κ1) is 17.4. The molecule has 0 aliphatic rings. The maximum Gasteiger partial charge on any atom is 0.326 e. The van der Waals surface area contributed by atoms with Crippen molar-refractivity contribution >= 4 is 17.8 Å². The second kappa shape index (κ2) is 10.3. The van der Waals surface area contributed by atoms with E-state index in [1.165, 1.54) is 0 Å². The minimum Gasteiger partial charge on any atom is -0.480 e. The van der Waals surface area contributed by atoms with Crippen molar-refractivity contribution in [2.75, 3.05) is 6.54 Å². The molecule has 1 unspecified atom stereocenters. The normalized spacial score (nSPS) is 11.7. The molecule has 110 valence electrons. The van der Waals surface area contributed by atoms with Crippen molar-refractivity contribution < 1.29 is 19.5 Å². The van der Waals surface area contributed by atoms with Gasteiger partial charge in [0.1, 0.15) is 6.04 Å². The van der Waals surface area contributed by atoms with Gasteiger partial charge in [-0.3, -0.25) is 9.59 Å². The average molecular weight is 272 g/mol. The molecule has 2 amide bonds. The summed E-state index contributed by atoms with van der Waals surface area (Å²) in [5.74, 6) is -1.61. The molecule has 6 nitrogen and oxygen atoms in total. The summed E-state index contributed by atoms with van der Waals surface area (Å²) in [6.07, 6.45) is 3.52. The Morgan fingerprint density at radius 2 is 1.79 bits per heavy atom. The van der Waals surface area contributed by atoms with Crippen LogP contribution in [0.15, 0.2) is 0 Å². The Labute approximate surface area is 113 Å². The van der Waals surface area contributed by atoms with Crippen molar-refractivity contribution in [2.24, 2.45) is 0 Å². The van der Waals surface area contributed by atoms with Gasteiger partial charge in [0.2, 0.25) is 11.8 Å². The van der Waals surface area contributed by atoms with Crippen LogP contribution in [0.5, 0.6) is 0 Å². The predicted molar refractivity (Wildman–Crippen MR) is 71.6 cm³/mol. The van der Waals surface area contributed by atoms with Gasteiger partial charge in [0.25, 0.3) is 0 Å². The molecule has 3 N–H and O–H groups in total. The van der Waals surface area contributed by atoms with E-state index in [0.29, 0.717) is 6.54 Å². The van der Waals surface area contributed by atoms with E-state index in [4.69, 9.17) is 5.11 Å². The number of amides is 2. The summed E-state index contributed by atoms with van der Waals surface area (Å²) < 4.78 is 0. The molecule has 0 aromatic rings. The summed E-state index contributed by atoms with van der Waals surface area (Å²) in [4.78, 5) is 33.5. The fourth-order valence-corrected chi connectivity index (χ4v) is 1.52. The van der Waals surface area contributed by atoms with Crippen molar-refractivity contribution in [3.63, 3.8) is 0 Å². The first-order valence-electron chi connectivity index (χ1n) is 6.80. The van der Waals surface area contributed by atoms with E-state index in [0.717, 1.165) is 19.3 Å². The molecule has 0 aliphatic carbocycles. The number of carboxylic acids is 1. The zero-order valence-electron chi connectivity index (χ0n) is 11.7. The van der Waals surface area contributed by atoms with Gasteiger partial charge in [-0.25, -0.2) is 4.79 Å². The molecule has 0 spiro atoms. The van der Waals surface area contributed by atoms with Gasteiger partial charge in [-0.1, -0.05) is 26.7 Å².